The van der Waals surface area contributed by atoms with Crippen molar-refractivity contribution >= 4 is 35.8 Å². The highest BCUT2D eigenvalue weighted by molar-refractivity contribution is 14.0. The van der Waals surface area contributed by atoms with Crippen LogP contribution in [0.1, 0.15) is 32.6 Å². The molecule has 0 aromatic carbocycles. The van der Waals surface area contributed by atoms with Crippen LogP contribution in [-0.2, 0) is 4.79 Å². The van der Waals surface area contributed by atoms with E-state index < -0.39 is 0 Å². The number of carbonyl (C=O) groups is 1. The second-order valence-corrected chi connectivity index (χ2v) is 7.53. The van der Waals surface area contributed by atoms with Crippen molar-refractivity contribution in [3.8, 4) is 0 Å². The number of piperazine rings is 1. The third-order valence-corrected chi connectivity index (χ3v) is 6.02. The number of amides is 1. The number of halogens is 1. The van der Waals surface area contributed by atoms with E-state index in [-0.39, 0.29) is 29.9 Å². The normalized spacial score (nSPS) is 27.7. The van der Waals surface area contributed by atoms with Gasteiger partial charge < -0.3 is 15.1 Å². The fourth-order valence-corrected chi connectivity index (χ4v) is 4.52. The summed E-state index contributed by atoms with van der Waals surface area (Å²) in [5.41, 5.74) is 0. The zero-order chi connectivity index (χ0) is 16.9. The first-order chi connectivity index (χ1) is 11.7. The van der Waals surface area contributed by atoms with Gasteiger partial charge in [-0.05, 0) is 24.7 Å². The number of hydrogen-bond acceptors (Lipinski definition) is 3. The van der Waals surface area contributed by atoms with Gasteiger partial charge in [-0.25, -0.2) is 0 Å². The van der Waals surface area contributed by atoms with Crippen molar-refractivity contribution in [1.29, 1.82) is 0 Å². The van der Waals surface area contributed by atoms with Gasteiger partial charge in [0, 0.05) is 66.3 Å². The van der Waals surface area contributed by atoms with Gasteiger partial charge in [-0.15, -0.1) is 24.0 Å². The Morgan fingerprint density at radius 1 is 1.04 bits per heavy atom. The van der Waals surface area contributed by atoms with Crippen molar-refractivity contribution in [1.82, 2.24) is 20.0 Å². The summed E-state index contributed by atoms with van der Waals surface area (Å²) in [5, 5.41) is 3.56. The summed E-state index contributed by atoms with van der Waals surface area (Å²) in [5.74, 6) is 3.05. The summed E-state index contributed by atoms with van der Waals surface area (Å²) in [6.07, 6.45) is 5.62. The number of nitrogens with one attached hydrogen (secondary N) is 1. The lowest BCUT2D eigenvalue weighted by Crippen LogP contribution is -2.50. The second-order valence-electron chi connectivity index (χ2n) is 7.53. The molecule has 25 heavy (non-hydrogen) atoms. The van der Waals surface area contributed by atoms with Crippen LogP contribution in [-0.4, -0.2) is 86.0 Å². The highest BCUT2D eigenvalue weighted by atomic mass is 127. The number of fused-ring (bicyclic) bond motifs is 1. The minimum Gasteiger partial charge on any atom is -0.355 e. The molecular formula is C18H34IN5O. The predicted molar refractivity (Wildman–Crippen MR) is 112 cm³/mol. The van der Waals surface area contributed by atoms with Crippen LogP contribution < -0.4 is 5.32 Å². The Morgan fingerprint density at radius 3 is 2.16 bits per heavy atom. The van der Waals surface area contributed by atoms with Crippen LogP contribution in [0.25, 0.3) is 0 Å². The maximum absolute atomic E-state index is 11.4. The topological polar surface area (TPSA) is 51.2 Å². The smallest absolute Gasteiger partial charge is 0.219 e. The molecule has 1 aliphatic carbocycles. The van der Waals surface area contributed by atoms with Crippen LogP contribution in [0.5, 0.6) is 0 Å². The largest absolute Gasteiger partial charge is 0.355 e. The van der Waals surface area contributed by atoms with Gasteiger partial charge in [-0.3, -0.25) is 14.7 Å². The van der Waals surface area contributed by atoms with Gasteiger partial charge in [0.15, 0.2) is 5.96 Å². The molecule has 2 heterocycles. The summed E-state index contributed by atoms with van der Waals surface area (Å²) in [6.45, 7) is 9.66. The first-order valence-electron chi connectivity index (χ1n) is 9.61. The highest BCUT2D eigenvalue weighted by Gasteiger charge is 2.35. The standard InChI is InChI=1S/C18H33N5O.HI/c1-15(24)22-11-9-21(10-12-22)8-7-20-18(19-2)23-13-16-5-3-4-6-17(16)14-23;/h16-17H,3-14H2,1-2H3,(H,19,20);1H. The third-order valence-electron chi connectivity index (χ3n) is 6.02. The van der Waals surface area contributed by atoms with Crippen molar-refractivity contribution < 1.29 is 4.79 Å². The Kier molecular flexibility index (Phi) is 8.25. The number of hydrogen-bond donors (Lipinski definition) is 1. The molecule has 0 aromatic rings. The van der Waals surface area contributed by atoms with Crippen LogP contribution in [0.3, 0.4) is 0 Å². The van der Waals surface area contributed by atoms with Crippen molar-refractivity contribution in [3.05, 3.63) is 0 Å². The van der Waals surface area contributed by atoms with Gasteiger partial charge in [0.25, 0.3) is 0 Å². The number of aliphatic imine (C=N–C) groups is 1. The maximum Gasteiger partial charge on any atom is 0.219 e. The Hall–Kier alpha value is -0.570. The molecule has 2 unspecified atom stereocenters. The lowest BCUT2D eigenvalue weighted by molar-refractivity contribution is -0.130. The molecule has 0 radical (unpaired) electrons. The average molecular weight is 463 g/mol. The second kappa shape index (κ2) is 9.94. The molecule has 1 amide bonds. The molecule has 6 nitrogen and oxygen atoms in total. The zero-order valence-electron chi connectivity index (χ0n) is 15.7. The van der Waals surface area contributed by atoms with Crippen LogP contribution in [0.4, 0.5) is 0 Å². The van der Waals surface area contributed by atoms with Gasteiger partial charge in [0.2, 0.25) is 5.91 Å². The van der Waals surface area contributed by atoms with Crippen molar-refractivity contribution in [2.24, 2.45) is 16.8 Å². The fourth-order valence-electron chi connectivity index (χ4n) is 4.52. The summed E-state index contributed by atoms with van der Waals surface area (Å²) in [7, 11) is 1.90. The summed E-state index contributed by atoms with van der Waals surface area (Å²) < 4.78 is 0. The van der Waals surface area contributed by atoms with E-state index in [2.05, 4.69) is 20.1 Å². The van der Waals surface area contributed by atoms with Gasteiger partial charge in [-0.2, -0.15) is 0 Å². The van der Waals surface area contributed by atoms with Crippen molar-refractivity contribution in [2.75, 3.05) is 59.4 Å². The van der Waals surface area contributed by atoms with Gasteiger partial charge in [0.1, 0.15) is 0 Å². The van der Waals surface area contributed by atoms with Gasteiger partial charge >= 0.3 is 0 Å². The maximum atomic E-state index is 11.4. The van der Waals surface area contributed by atoms with Crippen LogP contribution in [0.15, 0.2) is 4.99 Å². The zero-order valence-corrected chi connectivity index (χ0v) is 18.1. The molecule has 1 saturated carbocycles. The molecule has 144 valence electrons. The molecular weight excluding hydrogens is 429 g/mol. The first-order valence-corrected chi connectivity index (χ1v) is 9.61. The molecule has 2 atom stereocenters. The number of carbonyl (C=O) groups excluding carboxylic acids is 1. The minimum absolute atomic E-state index is 0. The summed E-state index contributed by atoms with van der Waals surface area (Å²) >= 11 is 0. The van der Waals surface area contributed by atoms with Crippen LogP contribution in [0, 0.1) is 11.8 Å². The predicted octanol–water partition coefficient (Wildman–Crippen LogP) is 1.47. The van der Waals surface area contributed by atoms with E-state index in [4.69, 9.17) is 0 Å². The molecule has 3 aliphatic rings. The van der Waals surface area contributed by atoms with Crippen molar-refractivity contribution in [3.63, 3.8) is 0 Å². The van der Waals surface area contributed by atoms with Crippen molar-refractivity contribution in [2.45, 2.75) is 32.6 Å². The van der Waals surface area contributed by atoms with E-state index >= 15 is 0 Å². The molecule has 2 aliphatic heterocycles. The monoisotopic (exact) mass is 463 g/mol. The Balaban J connectivity index is 0.00000225. The van der Waals surface area contributed by atoms with E-state index in [0.29, 0.717) is 0 Å². The summed E-state index contributed by atoms with van der Waals surface area (Å²) in [4.78, 5) is 22.7. The molecule has 0 aromatic heterocycles. The summed E-state index contributed by atoms with van der Waals surface area (Å²) in [6, 6.07) is 0. The third kappa shape index (κ3) is 5.45. The molecule has 3 rings (SSSR count). The molecule has 2 saturated heterocycles. The Bertz CT molecular complexity index is 450. The quantitative estimate of drug-likeness (QED) is 0.392. The van der Waals surface area contributed by atoms with E-state index in [1.54, 1.807) is 6.92 Å². The SMILES string of the molecule is CN=C(NCCN1CCN(C(C)=O)CC1)N1CC2CCCCC2C1.I. The fraction of sp³-hybridized carbons (Fsp3) is 0.889. The Labute approximate surface area is 169 Å². The van der Waals surface area contributed by atoms with Gasteiger partial charge in [-0.1, -0.05) is 12.8 Å². The lowest BCUT2D eigenvalue weighted by atomic mass is 9.82. The van der Waals surface area contributed by atoms with E-state index in [1.165, 1.54) is 38.8 Å². The first kappa shape index (κ1) is 20.7. The van der Waals surface area contributed by atoms with E-state index in [1.807, 2.05) is 11.9 Å². The molecule has 0 spiro atoms. The molecule has 7 heteroatoms. The number of guanidine groups is 1. The number of nitrogens with zero attached hydrogens (tertiary/aromatic N) is 4. The van der Waals surface area contributed by atoms with Gasteiger partial charge in [0.05, 0.1) is 0 Å². The average Bonchev–Trinajstić information content (AvgIpc) is 3.03. The number of likely N-dealkylation sites (tertiary alicyclic amines) is 1. The molecule has 3 fully saturated rings. The minimum atomic E-state index is 0. The van der Waals surface area contributed by atoms with Crippen LogP contribution in [0.2, 0.25) is 0 Å². The molecule has 0 bridgehead atoms. The highest BCUT2D eigenvalue weighted by Crippen LogP contribution is 2.35. The lowest BCUT2D eigenvalue weighted by Gasteiger charge is -2.34. The number of rotatable bonds is 3. The van der Waals surface area contributed by atoms with E-state index in [0.717, 1.165) is 57.1 Å². The molecule has 1 N–H and O–H groups in total. The van der Waals surface area contributed by atoms with Crippen LogP contribution >= 0.6 is 24.0 Å². The van der Waals surface area contributed by atoms with E-state index in [9.17, 15) is 4.79 Å². The Morgan fingerprint density at radius 2 is 1.64 bits per heavy atom.